The summed E-state index contributed by atoms with van der Waals surface area (Å²) >= 11 is 0. The van der Waals surface area contributed by atoms with Gasteiger partial charge in [-0.1, -0.05) is 24.3 Å². The number of aryl methyl sites for hydroxylation is 1. The first-order valence-electron chi connectivity index (χ1n) is 6.93. The monoisotopic (exact) mass is 265 g/mol. The predicted octanol–water partition coefficient (Wildman–Crippen LogP) is 3.22. The molecular weight excluding hydrogens is 246 g/mol. The van der Waals surface area contributed by atoms with Gasteiger partial charge in [0.1, 0.15) is 0 Å². The molecule has 1 atom stereocenters. The second-order valence-electron chi connectivity index (χ2n) is 5.41. The smallest absolute Gasteiger partial charge is 0.0741 e. The van der Waals surface area contributed by atoms with E-state index in [-0.39, 0.29) is 6.04 Å². The number of aromatic nitrogens is 2. The quantitative estimate of drug-likeness (QED) is 0.790. The Morgan fingerprint density at radius 3 is 2.75 bits per heavy atom. The first kappa shape index (κ1) is 12.9. The van der Waals surface area contributed by atoms with Crippen molar-refractivity contribution in [2.75, 3.05) is 0 Å². The van der Waals surface area contributed by atoms with E-state index >= 15 is 0 Å². The van der Waals surface area contributed by atoms with E-state index in [1.807, 2.05) is 29.9 Å². The highest BCUT2D eigenvalue weighted by Crippen LogP contribution is 2.20. The number of nitrogens with zero attached hydrogens (tertiary/aromatic N) is 2. The van der Waals surface area contributed by atoms with Gasteiger partial charge in [-0.3, -0.25) is 0 Å². The summed E-state index contributed by atoms with van der Waals surface area (Å²) in [6.07, 6.45) is 2.81. The molecule has 2 N–H and O–H groups in total. The Hall–Kier alpha value is -2.13. The first-order chi connectivity index (χ1) is 9.65. The van der Waals surface area contributed by atoms with E-state index in [9.17, 15) is 0 Å². The Balaban J connectivity index is 2.04. The minimum absolute atomic E-state index is 0.185. The van der Waals surface area contributed by atoms with Gasteiger partial charge in [0, 0.05) is 11.4 Å². The Labute approximate surface area is 119 Å². The van der Waals surface area contributed by atoms with Crippen LogP contribution in [0.1, 0.15) is 18.1 Å². The van der Waals surface area contributed by atoms with Crippen molar-refractivity contribution < 1.29 is 0 Å². The number of rotatable bonds is 3. The summed E-state index contributed by atoms with van der Waals surface area (Å²) in [5, 5.41) is 5.65. The topological polar surface area (TPSA) is 43.8 Å². The van der Waals surface area contributed by atoms with E-state index < -0.39 is 0 Å². The third-order valence-electron chi connectivity index (χ3n) is 3.59. The van der Waals surface area contributed by atoms with Crippen LogP contribution in [0.5, 0.6) is 0 Å². The molecule has 0 saturated carbocycles. The van der Waals surface area contributed by atoms with Gasteiger partial charge in [-0.05, 0) is 49.6 Å². The molecule has 0 saturated heterocycles. The van der Waals surface area contributed by atoms with E-state index in [1.165, 1.54) is 11.1 Å². The summed E-state index contributed by atoms with van der Waals surface area (Å²) in [6, 6.07) is 14.9. The van der Waals surface area contributed by atoms with Crippen LogP contribution in [0.2, 0.25) is 0 Å². The molecule has 3 aromatic rings. The molecule has 0 amide bonds. The highest BCUT2D eigenvalue weighted by atomic mass is 15.3. The summed E-state index contributed by atoms with van der Waals surface area (Å²) in [5.41, 5.74) is 10.7. The Bertz CT molecular complexity index is 741. The molecule has 0 aliphatic rings. The van der Waals surface area contributed by atoms with Gasteiger partial charge in [-0.25, -0.2) is 4.68 Å². The highest BCUT2D eigenvalue weighted by molar-refractivity contribution is 5.80. The molecule has 0 radical (unpaired) electrons. The lowest BCUT2D eigenvalue weighted by Crippen LogP contribution is -2.18. The minimum atomic E-state index is 0.185. The molecule has 0 aliphatic heterocycles. The van der Waals surface area contributed by atoms with Crippen LogP contribution in [0.25, 0.3) is 16.6 Å². The molecule has 0 bridgehead atoms. The Morgan fingerprint density at radius 2 is 2.00 bits per heavy atom. The fourth-order valence-corrected chi connectivity index (χ4v) is 2.57. The zero-order chi connectivity index (χ0) is 14.1. The summed E-state index contributed by atoms with van der Waals surface area (Å²) in [5.74, 6) is 0. The van der Waals surface area contributed by atoms with Gasteiger partial charge in [-0.2, -0.15) is 5.10 Å². The van der Waals surface area contributed by atoms with Crippen molar-refractivity contribution in [1.82, 2.24) is 9.78 Å². The summed E-state index contributed by atoms with van der Waals surface area (Å²) in [4.78, 5) is 0. The average molecular weight is 265 g/mol. The molecule has 3 heteroatoms. The lowest BCUT2D eigenvalue weighted by atomic mass is 10.0. The molecule has 0 fully saturated rings. The summed E-state index contributed by atoms with van der Waals surface area (Å²) in [6.45, 7) is 4.17. The van der Waals surface area contributed by atoms with Gasteiger partial charge in [0.15, 0.2) is 0 Å². The van der Waals surface area contributed by atoms with Gasteiger partial charge >= 0.3 is 0 Å². The lowest BCUT2D eigenvalue weighted by Gasteiger charge is -2.11. The van der Waals surface area contributed by atoms with Crippen molar-refractivity contribution in [3.8, 4) is 5.69 Å². The van der Waals surface area contributed by atoms with E-state index in [0.717, 1.165) is 23.0 Å². The van der Waals surface area contributed by atoms with Crippen LogP contribution >= 0.6 is 0 Å². The number of para-hydroxylation sites is 1. The molecule has 3 rings (SSSR count). The summed E-state index contributed by atoms with van der Waals surface area (Å²) < 4.78 is 1.98. The molecule has 1 unspecified atom stereocenters. The van der Waals surface area contributed by atoms with Gasteiger partial charge < -0.3 is 5.73 Å². The van der Waals surface area contributed by atoms with Crippen molar-refractivity contribution in [3.05, 3.63) is 59.8 Å². The van der Waals surface area contributed by atoms with Crippen molar-refractivity contribution >= 4 is 10.9 Å². The van der Waals surface area contributed by atoms with E-state index in [4.69, 9.17) is 5.73 Å². The number of hydrogen-bond acceptors (Lipinski definition) is 2. The van der Waals surface area contributed by atoms with Crippen LogP contribution in [0.15, 0.2) is 48.7 Å². The standard InChI is InChI=1S/C17H19N3/c1-12-9-16(8-7-14(12)10-13(2)18)20-17-6-4-3-5-15(17)11-19-20/h3-9,11,13H,10,18H2,1-2H3. The molecular formula is C17H19N3. The van der Waals surface area contributed by atoms with Gasteiger partial charge in [0.05, 0.1) is 17.4 Å². The Kier molecular flexibility index (Phi) is 3.28. The van der Waals surface area contributed by atoms with Crippen LogP contribution in [-0.2, 0) is 6.42 Å². The number of hydrogen-bond donors (Lipinski definition) is 1. The number of fused-ring (bicyclic) bond motifs is 1. The highest BCUT2D eigenvalue weighted by Gasteiger charge is 2.07. The average Bonchev–Trinajstić information content (AvgIpc) is 2.84. The third kappa shape index (κ3) is 2.32. The lowest BCUT2D eigenvalue weighted by molar-refractivity contribution is 0.734. The molecule has 3 nitrogen and oxygen atoms in total. The molecule has 0 aliphatic carbocycles. The van der Waals surface area contributed by atoms with Gasteiger partial charge in [-0.15, -0.1) is 0 Å². The minimum Gasteiger partial charge on any atom is -0.328 e. The zero-order valence-electron chi connectivity index (χ0n) is 11.9. The fraction of sp³-hybridized carbons (Fsp3) is 0.235. The maximum Gasteiger partial charge on any atom is 0.0741 e. The van der Waals surface area contributed by atoms with Crippen LogP contribution < -0.4 is 5.73 Å². The van der Waals surface area contributed by atoms with Gasteiger partial charge in [0.2, 0.25) is 0 Å². The van der Waals surface area contributed by atoms with Crippen molar-refractivity contribution in [2.24, 2.45) is 5.73 Å². The van der Waals surface area contributed by atoms with E-state index in [1.54, 1.807) is 0 Å². The van der Waals surface area contributed by atoms with Crippen molar-refractivity contribution in [3.63, 3.8) is 0 Å². The molecule has 1 heterocycles. The van der Waals surface area contributed by atoms with E-state index in [0.29, 0.717) is 0 Å². The molecule has 102 valence electrons. The first-order valence-corrected chi connectivity index (χ1v) is 6.93. The van der Waals surface area contributed by atoms with Gasteiger partial charge in [0.25, 0.3) is 0 Å². The van der Waals surface area contributed by atoms with Crippen molar-refractivity contribution in [1.29, 1.82) is 0 Å². The molecule has 2 aromatic carbocycles. The third-order valence-corrected chi connectivity index (χ3v) is 3.59. The molecule has 1 aromatic heterocycles. The predicted molar refractivity (Wildman–Crippen MR) is 83.2 cm³/mol. The maximum absolute atomic E-state index is 5.88. The number of benzene rings is 2. The Morgan fingerprint density at radius 1 is 1.20 bits per heavy atom. The zero-order valence-corrected chi connectivity index (χ0v) is 11.9. The van der Waals surface area contributed by atoms with Crippen LogP contribution in [0, 0.1) is 6.92 Å². The second kappa shape index (κ2) is 5.10. The molecule has 0 spiro atoms. The van der Waals surface area contributed by atoms with Crippen molar-refractivity contribution in [2.45, 2.75) is 26.3 Å². The summed E-state index contributed by atoms with van der Waals surface area (Å²) in [7, 11) is 0. The van der Waals surface area contributed by atoms with Crippen LogP contribution in [-0.4, -0.2) is 15.8 Å². The fourth-order valence-electron chi connectivity index (χ4n) is 2.57. The largest absolute Gasteiger partial charge is 0.328 e. The normalized spacial score (nSPS) is 12.8. The maximum atomic E-state index is 5.88. The SMILES string of the molecule is Cc1cc(-n2ncc3ccccc32)ccc1CC(C)N. The number of nitrogens with two attached hydrogens (primary N) is 1. The van der Waals surface area contributed by atoms with Crippen LogP contribution in [0.4, 0.5) is 0 Å². The second-order valence-corrected chi connectivity index (χ2v) is 5.41. The molecule has 20 heavy (non-hydrogen) atoms. The van der Waals surface area contributed by atoms with E-state index in [2.05, 4.69) is 42.4 Å². The van der Waals surface area contributed by atoms with Crippen LogP contribution in [0.3, 0.4) is 0 Å².